The van der Waals surface area contributed by atoms with E-state index in [9.17, 15) is 27.9 Å². The van der Waals surface area contributed by atoms with Gasteiger partial charge in [0, 0.05) is 24.2 Å². The number of halogens is 3. The van der Waals surface area contributed by atoms with Gasteiger partial charge < -0.3 is 15.7 Å². The quantitative estimate of drug-likeness (QED) is 0.634. The van der Waals surface area contributed by atoms with Crippen molar-refractivity contribution >= 4 is 17.6 Å². The van der Waals surface area contributed by atoms with Gasteiger partial charge in [0.25, 0.3) is 5.91 Å². The van der Waals surface area contributed by atoms with Gasteiger partial charge in [-0.1, -0.05) is 24.3 Å². The molecule has 0 saturated carbocycles. The van der Waals surface area contributed by atoms with E-state index in [-0.39, 0.29) is 29.3 Å². The van der Waals surface area contributed by atoms with E-state index in [1.54, 1.807) is 18.2 Å². The zero-order valence-electron chi connectivity index (χ0n) is 13.8. The first-order valence-corrected chi connectivity index (χ1v) is 7.81. The molecule has 0 spiro atoms. The zero-order valence-corrected chi connectivity index (χ0v) is 13.8. The van der Waals surface area contributed by atoms with E-state index in [2.05, 4.69) is 4.99 Å². The van der Waals surface area contributed by atoms with E-state index in [4.69, 9.17) is 5.73 Å². The molecule has 2 aromatic carbocycles. The Morgan fingerprint density at radius 3 is 2.63 bits per heavy atom. The van der Waals surface area contributed by atoms with E-state index in [0.717, 1.165) is 5.56 Å². The maximum Gasteiger partial charge on any atom is 0.473 e. The molecule has 6 nitrogen and oxygen atoms in total. The molecule has 1 heterocycles. The van der Waals surface area contributed by atoms with E-state index in [0.29, 0.717) is 12.1 Å². The number of amides is 2. The van der Waals surface area contributed by atoms with E-state index in [1.165, 1.54) is 29.2 Å². The van der Waals surface area contributed by atoms with Crippen LogP contribution in [0.5, 0.6) is 5.75 Å². The molecule has 1 aliphatic heterocycles. The number of carbonyl (C=O) groups excluding carboxylic acids is 2. The Bertz CT molecular complexity index is 954. The predicted octanol–water partition coefficient (Wildman–Crippen LogP) is 2.34. The van der Waals surface area contributed by atoms with Gasteiger partial charge in [-0.25, -0.2) is 0 Å². The third kappa shape index (κ3) is 3.91. The van der Waals surface area contributed by atoms with Crippen LogP contribution in [0.1, 0.15) is 27.0 Å². The number of aliphatic imine (C=N–C) groups is 1. The first-order chi connectivity index (χ1) is 12.6. The maximum absolute atomic E-state index is 12.6. The van der Waals surface area contributed by atoms with Gasteiger partial charge in [-0.15, -0.1) is 0 Å². The van der Waals surface area contributed by atoms with Crippen molar-refractivity contribution in [3.05, 3.63) is 64.7 Å². The summed E-state index contributed by atoms with van der Waals surface area (Å²) in [5.41, 5.74) is 7.23. The lowest BCUT2D eigenvalue weighted by Crippen LogP contribution is -2.25. The van der Waals surface area contributed by atoms with Crippen molar-refractivity contribution in [3.8, 4) is 5.75 Å². The Balaban J connectivity index is 1.82. The molecule has 3 rings (SSSR count). The van der Waals surface area contributed by atoms with Crippen molar-refractivity contribution in [2.75, 3.05) is 0 Å². The summed E-state index contributed by atoms with van der Waals surface area (Å²) in [5.74, 6) is -3.17. The predicted molar refractivity (Wildman–Crippen MR) is 89.9 cm³/mol. The monoisotopic (exact) mass is 377 g/mol. The van der Waals surface area contributed by atoms with Gasteiger partial charge in [-0.2, -0.15) is 18.2 Å². The number of hydrogen-bond acceptors (Lipinski definition) is 3. The van der Waals surface area contributed by atoms with Crippen LogP contribution in [0, 0.1) is 0 Å². The van der Waals surface area contributed by atoms with Crippen molar-refractivity contribution in [1.29, 1.82) is 0 Å². The lowest BCUT2D eigenvalue weighted by atomic mass is 10.1. The molecule has 0 atom stereocenters. The van der Waals surface area contributed by atoms with Gasteiger partial charge in [-0.3, -0.25) is 9.59 Å². The molecular formula is C18H14F3N3O3. The van der Waals surface area contributed by atoms with E-state index in [1.807, 2.05) is 0 Å². The zero-order chi connectivity index (χ0) is 19.8. The number of aromatic hydroxyl groups is 1. The topological polar surface area (TPSA) is 96.0 Å². The minimum Gasteiger partial charge on any atom is -0.508 e. The Kier molecular flexibility index (Phi) is 4.61. The Labute approximate surface area is 151 Å². The minimum atomic E-state index is -5.12. The fraction of sp³-hybridized carbons (Fsp3) is 0.167. The summed E-state index contributed by atoms with van der Waals surface area (Å²) in [7, 11) is 0. The minimum absolute atomic E-state index is 0.0545. The Morgan fingerprint density at radius 2 is 1.96 bits per heavy atom. The molecule has 0 fully saturated rings. The van der Waals surface area contributed by atoms with Gasteiger partial charge >= 0.3 is 12.1 Å². The molecule has 2 aromatic rings. The highest BCUT2D eigenvalue weighted by atomic mass is 19.4. The molecule has 9 heteroatoms. The first-order valence-electron chi connectivity index (χ1n) is 7.81. The molecule has 1 aliphatic rings. The lowest BCUT2D eigenvalue weighted by Gasteiger charge is -2.15. The highest BCUT2D eigenvalue weighted by Crippen LogP contribution is 2.26. The third-order valence-corrected chi connectivity index (χ3v) is 4.03. The standard InChI is InChI=1S/C18H14F3N3O3/c19-18(20,21)17(27)23-15(22)11-4-5-12-9-24(16(26)14(12)7-11)8-10-2-1-3-13(25)6-10/h1-7,25H,8-9H2,(H2,22,23,27). The number of carbonyl (C=O) groups is 2. The molecule has 3 N–H and O–H groups in total. The van der Waals surface area contributed by atoms with Crippen molar-refractivity contribution < 1.29 is 27.9 Å². The number of nitrogens with zero attached hydrogens (tertiary/aromatic N) is 2. The molecule has 27 heavy (non-hydrogen) atoms. The molecule has 2 amide bonds. The molecule has 0 aliphatic carbocycles. The second-order valence-electron chi connectivity index (χ2n) is 6.00. The molecule has 0 bridgehead atoms. The van der Waals surface area contributed by atoms with Crippen molar-refractivity contribution in [3.63, 3.8) is 0 Å². The van der Waals surface area contributed by atoms with Gasteiger partial charge in [0.1, 0.15) is 11.6 Å². The number of hydrogen-bond donors (Lipinski definition) is 2. The number of fused-ring (bicyclic) bond motifs is 1. The van der Waals surface area contributed by atoms with E-state index >= 15 is 0 Å². The average Bonchev–Trinajstić information content (AvgIpc) is 2.89. The summed E-state index contributed by atoms with van der Waals surface area (Å²) in [6, 6.07) is 10.8. The lowest BCUT2D eigenvalue weighted by molar-refractivity contribution is -0.169. The van der Waals surface area contributed by atoms with Crippen LogP contribution < -0.4 is 5.73 Å². The van der Waals surface area contributed by atoms with Crippen LogP contribution in [0.25, 0.3) is 0 Å². The maximum atomic E-state index is 12.6. The molecule has 140 valence electrons. The first kappa shape index (κ1) is 18.4. The Morgan fingerprint density at radius 1 is 1.22 bits per heavy atom. The van der Waals surface area contributed by atoms with Gasteiger partial charge in [-0.05, 0) is 29.3 Å². The largest absolute Gasteiger partial charge is 0.508 e. The van der Waals surface area contributed by atoms with Gasteiger partial charge in [0.2, 0.25) is 0 Å². The van der Waals surface area contributed by atoms with Crippen molar-refractivity contribution in [2.45, 2.75) is 19.3 Å². The van der Waals surface area contributed by atoms with Crippen LogP contribution in [0.15, 0.2) is 47.5 Å². The Hall–Kier alpha value is -3.36. The van der Waals surface area contributed by atoms with Crippen LogP contribution in [0.4, 0.5) is 13.2 Å². The summed E-state index contributed by atoms with van der Waals surface area (Å²) in [6.45, 7) is 0.565. The van der Waals surface area contributed by atoms with Gasteiger partial charge in [0.15, 0.2) is 0 Å². The molecule has 0 saturated heterocycles. The van der Waals surface area contributed by atoms with Crippen LogP contribution in [0.3, 0.4) is 0 Å². The van der Waals surface area contributed by atoms with Gasteiger partial charge in [0.05, 0.1) is 0 Å². The molecule has 0 radical (unpaired) electrons. The van der Waals surface area contributed by atoms with Crippen LogP contribution in [-0.2, 0) is 17.9 Å². The van der Waals surface area contributed by atoms with Crippen molar-refractivity contribution in [1.82, 2.24) is 4.90 Å². The highest BCUT2D eigenvalue weighted by Gasteiger charge is 2.39. The number of benzene rings is 2. The van der Waals surface area contributed by atoms with Crippen LogP contribution in [-0.4, -0.2) is 33.8 Å². The number of alkyl halides is 3. The van der Waals surface area contributed by atoms with E-state index < -0.39 is 17.9 Å². The molecular weight excluding hydrogens is 363 g/mol. The molecule has 0 aromatic heterocycles. The smallest absolute Gasteiger partial charge is 0.473 e. The summed E-state index contributed by atoms with van der Waals surface area (Å²) in [5, 5.41) is 9.51. The number of amidine groups is 1. The summed E-state index contributed by atoms with van der Waals surface area (Å²) in [4.78, 5) is 27.9. The number of phenolic OH excluding ortho intramolecular Hbond substituents is 1. The molecule has 0 unspecified atom stereocenters. The normalized spacial score (nSPS) is 14.4. The van der Waals surface area contributed by atoms with Crippen LogP contribution in [0.2, 0.25) is 0 Å². The number of rotatable bonds is 3. The van der Waals surface area contributed by atoms with Crippen molar-refractivity contribution in [2.24, 2.45) is 10.7 Å². The summed E-state index contributed by atoms with van der Waals surface area (Å²) >= 11 is 0. The average molecular weight is 377 g/mol. The number of nitrogens with two attached hydrogens (primary N) is 1. The van der Waals surface area contributed by atoms with Crippen LogP contribution >= 0.6 is 0 Å². The SMILES string of the molecule is NC(=NC(=O)C(F)(F)F)c1ccc2c(c1)C(=O)N(Cc1cccc(O)c1)C2. The fourth-order valence-corrected chi connectivity index (χ4v) is 2.76. The highest BCUT2D eigenvalue weighted by molar-refractivity contribution is 6.07. The summed E-state index contributed by atoms with van der Waals surface area (Å²) in [6.07, 6.45) is -5.12. The second kappa shape index (κ2) is 6.75. The second-order valence-corrected chi connectivity index (χ2v) is 6.00. The fourth-order valence-electron chi connectivity index (χ4n) is 2.76. The third-order valence-electron chi connectivity index (χ3n) is 4.03. The number of phenols is 1. The summed E-state index contributed by atoms with van der Waals surface area (Å²) < 4.78 is 36.9.